The van der Waals surface area contributed by atoms with Gasteiger partial charge in [-0.15, -0.1) is 0 Å². The first-order chi connectivity index (χ1) is 16.8. The number of sulfonamides is 1. The molecule has 192 valence electrons. The van der Waals surface area contributed by atoms with Crippen molar-refractivity contribution in [2.45, 2.75) is 32.1 Å². The molecular weight excluding hydrogens is 524 g/mol. The molecule has 0 saturated heterocycles. The number of carbonyl (C=O) groups excluding carboxylic acids is 1. The highest BCUT2D eigenvalue weighted by Crippen LogP contribution is 2.33. The normalized spacial score (nSPS) is 12.9. The van der Waals surface area contributed by atoms with E-state index in [-0.39, 0.29) is 40.5 Å². The van der Waals surface area contributed by atoms with Gasteiger partial charge in [-0.1, -0.05) is 29.8 Å². The predicted molar refractivity (Wildman–Crippen MR) is 126 cm³/mol. The zero-order valence-electron chi connectivity index (χ0n) is 19.0. The molecule has 0 spiro atoms. The smallest absolute Gasteiger partial charge is 0.351 e. The van der Waals surface area contributed by atoms with E-state index < -0.39 is 39.5 Å². The lowest BCUT2D eigenvalue weighted by Crippen LogP contribution is -2.28. The summed E-state index contributed by atoms with van der Waals surface area (Å²) in [4.78, 5) is 20.4. The zero-order chi connectivity index (χ0) is 26.7. The highest BCUT2D eigenvalue weighted by atomic mass is 35.5. The van der Waals surface area contributed by atoms with Crippen molar-refractivity contribution >= 4 is 27.5 Å². The average molecular weight is 545 g/mol. The molecule has 2 aromatic heterocycles. The number of aromatic nitrogens is 2. The second-order valence-corrected chi connectivity index (χ2v) is 10.2. The summed E-state index contributed by atoms with van der Waals surface area (Å²) in [5.41, 5.74) is -0.332. The van der Waals surface area contributed by atoms with Gasteiger partial charge >= 0.3 is 6.18 Å². The molecular formula is C23H21ClF4N4O3S. The Morgan fingerprint density at radius 1 is 1.11 bits per heavy atom. The Labute approximate surface area is 210 Å². The number of halogens is 5. The summed E-state index contributed by atoms with van der Waals surface area (Å²) in [6.07, 6.45) is -1.08. The topological polar surface area (TPSA) is 101 Å². The van der Waals surface area contributed by atoms with Crippen molar-refractivity contribution in [2.24, 2.45) is 0 Å². The maximum Gasteiger partial charge on any atom is 0.433 e. The maximum atomic E-state index is 14.4. The van der Waals surface area contributed by atoms with Crippen LogP contribution >= 0.6 is 11.6 Å². The van der Waals surface area contributed by atoms with Crippen LogP contribution in [0.1, 0.15) is 35.2 Å². The Morgan fingerprint density at radius 3 is 2.42 bits per heavy atom. The number of amides is 1. The van der Waals surface area contributed by atoms with Crippen molar-refractivity contribution < 1.29 is 30.8 Å². The van der Waals surface area contributed by atoms with Gasteiger partial charge in [0, 0.05) is 36.6 Å². The maximum absolute atomic E-state index is 14.4. The molecule has 2 N–H and O–H groups in total. The van der Waals surface area contributed by atoms with Gasteiger partial charge in [-0.25, -0.2) is 22.5 Å². The molecule has 3 rings (SSSR count). The van der Waals surface area contributed by atoms with E-state index in [9.17, 15) is 30.8 Å². The zero-order valence-corrected chi connectivity index (χ0v) is 20.6. The van der Waals surface area contributed by atoms with Gasteiger partial charge < -0.3 is 5.32 Å². The number of alkyl halides is 3. The molecule has 0 fully saturated rings. The molecule has 1 aromatic carbocycles. The van der Waals surface area contributed by atoms with Crippen molar-refractivity contribution in [3.63, 3.8) is 0 Å². The first-order valence-corrected chi connectivity index (χ1v) is 12.7. The van der Waals surface area contributed by atoms with E-state index in [1.54, 1.807) is 0 Å². The first-order valence-electron chi connectivity index (χ1n) is 10.4. The molecule has 0 saturated carbocycles. The van der Waals surface area contributed by atoms with Crippen LogP contribution in [0.2, 0.25) is 5.02 Å². The van der Waals surface area contributed by atoms with Gasteiger partial charge in [0.25, 0.3) is 0 Å². The Bertz CT molecular complexity index is 1380. The lowest BCUT2D eigenvalue weighted by Gasteiger charge is -2.16. The van der Waals surface area contributed by atoms with Crippen molar-refractivity contribution in [3.05, 3.63) is 82.0 Å². The fourth-order valence-electron chi connectivity index (χ4n) is 3.25. The van der Waals surface area contributed by atoms with Crippen LogP contribution < -0.4 is 10.0 Å². The minimum atomic E-state index is -4.69. The number of pyridine rings is 2. The number of carbonyl (C=O) groups is 1. The molecule has 13 heteroatoms. The van der Waals surface area contributed by atoms with Crippen LogP contribution in [-0.4, -0.2) is 30.5 Å². The van der Waals surface area contributed by atoms with Gasteiger partial charge in [-0.2, -0.15) is 13.2 Å². The summed E-state index contributed by atoms with van der Waals surface area (Å²) in [5.74, 6) is -2.02. The molecule has 7 nitrogen and oxygen atoms in total. The molecule has 0 aliphatic carbocycles. The summed E-state index contributed by atoms with van der Waals surface area (Å²) >= 11 is 6.14. The lowest BCUT2D eigenvalue weighted by molar-refractivity contribution is -0.141. The monoisotopic (exact) mass is 544 g/mol. The summed E-state index contributed by atoms with van der Waals surface area (Å²) in [7, 11) is -3.51. The van der Waals surface area contributed by atoms with Gasteiger partial charge in [0.1, 0.15) is 11.5 Å². The standard InChI is InChI=1S/C23H21ClF4N4O3S/c1-13(14-3-4-15(19(25)9-14)11-31-36(2,34)35)22(33)30-10-16-5-6-20(23(26,27)28)32-21(16)17-12-29-8-7-18(17)24/h3-9,12-13,31H,10-11H2,1-2H3,(H,30,33). The minimum Gasteiger partial charge on any atom is -0.351 e. The van der Waals surface area contributed by atoms with Crippen LogP contribution in [0.15, 0.2) is 48.8 Å². The van der Waals surface area contributed by atoms with Gasteiger partial charge in [-0.05, 0) is 36.2 Å². The largest absolute Gasteiger partial charge is 0.433 e. The van der Waals surface area contributed by atoms with Crippen LogP contribution in [0.4, 0.5) is 17.6 Å². The first kappa shape index (κ1) is 27.5. The number of hydrogen-bond acceptors (Lipinski definition) is 5. The molecule has 1 amide bonds. The number of rotatable bonds is 8. The lowest BCUT2D eigenvalue weighted by atomic mass is 9.98. The van der Waals surface area contributed by atoms with Gasteiger partial charge in [0.05, 0.1) is 22.9 Å². The second-order valence-electron chi connectivity index (χ2n) is 7.94. The Hall–Kier alpha value is -3.09. The highest BCUT2D eigenvalue weighted by molar-refractivity contribution is 7.88. The fourth-order valence-corrected chi connectivity index (χ4v) is 3.86. The molecule has 3 aromatic rings. The van der Waals surface area contributed by atoms with Crippen LogP contribution in [0.25, 0.3) is 11.3 Å². The van der Waals surface area contributed by atoms with E-state index in [4.69, 9.17) is 11.6 Å². The van der Waals surface area contributed by atoms with Crippen LogP contribution in [0, 0.1) is 5.82 Å². The molecule has 36 heavy (non-hydrogen) atoms. The van der Waals surface area contributed by atoms with E-state index in [1.807, 2.05) is 0 Å². The molecule has 1 atom stereocenters. The van der Waals surface area contributed by atoms with Crippen molar-refractivity contribution in [1.82, 2.24) is 20.0 Å². The summed E-state index contributed by atoms with van der Waals surface area (Å²) in [6.45, 7) is 1.11. The van der Waals surface area contributed by atoms with Crippen LogP contribution in [-0.2, 0) is 34.1 Å². The van der Waals surface area contributed by atoms with Gasteiger partial charge in [0.2, 0.25) is 15.9 Å². The van der Waals surface area contributed by atoms with E-state index >= 15 is 0 Å². The molecule has 2 heterocycles. The molecule has 0 radical (unpaired) electrons. The Morgan fingerprint density at radius 2 is 1.81 bits per heavy atom. The minimum absolute atomic E-state index is 0.0790. The third kappa shape index (κ3) is 6.99. The number of benzene rings is 1. The summed E-state index contributed by atoms with van der Waals surface area (Å²) < 4.78 is 78.8. The summed E-state index contributed by atoms with van der Waals surface area (Å²) in [5, 5.41) is 2.76. The SMILES string of the molecule is CC(C(=O)NCc1ccc(C(F)(F)F)nc1-c1cnccc1Cl)c1ccc(CNS(C)(=O)=O)c(F)c1. The Balaban J connectivity index is 1.79. The number of nitrogens with zero attached hydrogens (tertiary/aromatic N) is 2. The summed E-state index contributed by atoms with van der Waals surface area (Å²) in [6, 6.07) is 7.40. The van der Waals surface area contributed by atoms with Crippen LogP contribution in [0.5, 0.6) is 0 Å². The number of hydrogen-bond donors (Lipinski definition) is 2. The second kappa shape index (κ2) is 10.9. The van der Waals surface area contributed by atoms with Crippen molar-refractivity contribution in [2.75, 3.05) is 6.26 Å². The number of nitrogens with one attached hydrogen (secondary N) is 2. The van der Waals surface area contributed by atoms with Gasteiger partial charge in [0.15, 0.2) is 0 Å². The highest BCUT2D eigenvalue weighted by Gasteiger charge is 2.33. The van der Waals surface area contributed by atoms with Crippen LogP contribution in [0.3, 0.4) is 0 Å². The quantitative estimate of drug-likeness (QED) is 0.409. The molecule has 1 unspecified atom stereocenters. The third-order valence-electron chi connectivity index (χ3n) is 5.24. The molecule has 0 bridgehead atoms. The molecule has 0 aliphatic heterocycles. The predicted octanol–water partition coefficient (Wildman–Crippen LogP) is 4.42. The molecule has 0 aliphatic rings. The fraction of sp³-hybridized carbons (Fsp3) is 0.261. The van der Waals surface area contributed by atoms with Crippen molar-refractivity contribution in [3.8, 4) is 11.3 Å². The van der Waals surface area contributed by atoms with E-state index in [1.165, 1.54) is 43.6 Å². The van der Waals surface area contributed by atoms with Crippen molar-refractivity contribution in [1.29, 1.82) is 0 Å². The third-order valence-corrected chi connectivity index (χ3v) is 6.24. The average Bonchev–Trinajstić information content (AvgIpc) is 2.80. The Kier molecular flexibility index (Phi) is 8.32. The van der Waals surface area contributed by atoms with Gasteiger partial charge in [-0.3, -0.25) is 9.78 Å². The van der Waals surface area contributed by atoms with E-state index in [0.717, 1.165) is 18.4 Å². The van der Waals surface area contributed by atoms with E-state index in [0.29, 0.717) is 5.56 Å². The van der Waals surface area contributed by atoms with E-state index in [2.05, 4.69) is 20.0 Å².